The van der Waals surface area contributed by atoms with Gasteiger partial charge in [0.2, 0.25) is 10.9 Å². The first kappa shape index (κ1) is 29.0. The summed E-state index contributed by atoms with van der Waals surface area (Å²) < 4.78 is 44.6. The van der Waals surface area contributed by atoms with Gasteiger partial charge in [-0.05, 0) is 62.0 Å². The summed E-state index contributed by atoms with van der Waals surface area (Å²) in [4.78, 5) is 39.5. The van der Waals surface area contributed by atoms with Gasteiger partial charge in [0.15, 0.2) is 17.1 Å². The van der Waals surface area contributed by atoms with Crippen LogP contribution in [0.5, 0.6) is 0 Å². The van der Waals surface area contributed by atoms with Crippen LogP contribution in [-0.4, -0.2) is 63.0 Å². The van der Waals surface area contributed by atoms with Crippen molar-refractivity contribution in [1.29, 1.82) is 0 Å². The molecule has 0 amide bonds. The van der Waals surface area contributed by atoms with E-state index in [0.717, 1.165) is 17.8 Å². The van der Waals surface area contributed by atoms with E-state index in [0.29, 0.717) is 0 Å². The zero-order chi connectivity index (χ0) is 29.1. The lowest BCUT2D eigenvalue weighted by molar-refractivity contribution is -0.221. The van der Waals surface area contributed by atoms with Gasteiger partial charge in [-0.3, -0.25) is 9.59 Å². The first-order chi connectivity index (χ1) is 18.9. The van der Waals surface area contributed by atoms with E-state index in [9.17, 15) is 19.5 Å². The third-order valence-electron chi connectivity index (χ3n) is 10.0. The second-order valence-corrected chi connectivity index (χ2v) is 12.8. The third-order valence-corrected chi connectivity index (χ3v) is 11.0. The fourth-order valence-corrected chi connectivity index (χ4v) is 9.26. The van der Waals surface area contributed by atoms with Crippen LogP contribution in [0.25, 0.3) is 0 Å². The van der Waals surface area contributed by atoms with Gasteiger partial charge in [0.25, 0.3) is 0 Å². The van der Waals surface area contributed by atoms with Crippen molar-refractivity contribution in [3.05, 3.63) is 60.1 Å². The number of hydrogen-bond donors (Lipinski definition) is 2. The van der Waals surface area contributed by atoms with Crippen LogP contribution in [0.1, 0.15) is 50.6 Å². The van der Waals surface area contributed by atoms with Crippen LogP contribution in [0.2, 0.25) is 0 Å². The molecule has 10 heteroatoms. The summed E-state index contributed by atoms with van der Waals surface area (Å²) in [5.41, 5.74) is -6.88. The highest BCUT2D eigenvalue weighted by Gasteiger charge is 2.78. The molecule has 7 nitrogen and oxygen atoms in total. The zero-order valence-electron chi connectivity index (χ0n) is 22.6. The SMILES string of the molecule is C[C@@H]1C[C@H]2[C@@H]3C[C@H](F)C4=CC(=O)C=C[C@]4(C)[C@@]3(F)[C@@H](O)C[C@]2(C)[C@@]1(OC(=O)c1ccco1)C(=O)SC/C=C\CO. The van der Waals surface area contributed by atoms with Crippen LogP contribution in [0, 0.1) is 28.6 Å². The van der Waals surface area contributed by atoms with E-state index >= 15 is 8.78 Å². The van der Waals surface area contributed by atoms with Gasteiger partial charge < -0.3 is 19.4 Å². The molecule has 40 heavy (non-hydrogen) atoms. The van der Waals surface area contributed by atoms with Crippen molar-refractivity contribution in [2.75, 3.05) is 12.4 Å². The number of furan rings is 1. The second-order valence-electron chi connectivity index (χ2n) is 11.9. The Morgan fingerprint density at radius 3 is 2.67 bits per heavy atom. The molecule has 0 unspecified atom stereocenters. The number of allylic oxidation sites excluding steroid dienone is 4. The molecule has 0 radical (unpaired) electrons. The number of ketones is 1. The van der Waals surface area contributed by atoms with Gasteiger partial charge >= 0.3 is 5.97 Å². The Balaban J connectivity index is 1.61. The number of carbonyl (C=O) groups is 3. The second kappa shape index (κ2) is 10.1. The number of ether oxygens (including phenoxy) is 1. The highest BCUT2D eigenvalue weighted by molar-refractivity contribution is 8.14. The average Bonchev–Trinajstić information content (AvgIpc) is 3.52. The highest BCUT2D eigenvalue weighted by Crippen LogP contribution is 2.72. The monoisotopic (exact) mass is 576 g/mol. The molecule has 3 saturated carbocycles. The van der Waals surface area contributed by atoms with Crippen molar-refractivity contribution < 1.29 is 42.5 Å². The Kier molecular flexibility index (Phi) is 7.28. The van der Waals surface area contributed by atoms with E-state index < -0.39 is 69.0 Å². The summed E-state index contributed by atoms with van der Waals surface area (Å²) in [5, 5.41) is 20.2. The summed E-state index contributed by atoms with van der Waals surface area (Å²) >= 11 is 0.906. The Bertz CT molecular complexity index is 1290. The molecule has 9 atom stereocenters. The zero-order valence-corrected chi connectivity index (χ0v) is 23.5. The minimum Gasteiger partial charge on any atom is -0.457 e. The fraction of sp³-hybridized carbons (Fsp3) is 0.567. The summed E-state index contributed by atoms with van der Waals surface area (Å²) in [7, 11) is 0. The molecule has 216 valence electrons. The van der Waals surface area contributed by atoms with Gasteiger partial charge in [-0.2, -0.15) is 0 Å². The summed E-state index contributed by atoms with van der Waals surface area (Å²) in [6, 6.07) is 2.93. The quantitative estimate of drug-likeness (QED) is 0.375. The van der Waals surface area contributed by atoms with Gasteiger partial charge in [-0.1, -0.05) is 43.8 Å². The van der Waals surface area contributed by atoms with Crippen LogP contribution in [0.4, 0.5) is 8.78 Å². The maximum atomic E-state index is 17.5. The van der Waals surface area contributed by atoms with Gasteiger partial charge in [0, 0.05) is 28.4 Å². The van der Waals surface area contributed by atoms with E-state index in [2.05, 4.69) is 0 Å². The van der Waals surface area contributed by atoms with E-state index in [1.807, 2.05) is 0 Å². The standard InChI is InChI=1S/C30H34F2O7S/c1-17-13-19-20-15-22(31)21-14-18(34)8-9-27(21,2)29(20,32)24(35)16-28(19,3)30(17,26(37)40-12-5-4-10-33)39-25(36)23-7-6-11-38-23/h4-9,11,14,17,19-20,22,24,33,35H,10,12-13,15-16H2,1-3H3/b5-4-/t17-,19+,20+,22+,24+,27+,28+,29+,30+/m1/s1. The molecular formula is C30H34F2O7S. The van der Waals surface area contributed by atoms with Crippen molar-refractivity contribution in [2.45, 2.75) is 63.6 Å². The maximum Gasteiger partial charge on any atom is 0.375 e. The largest absolute Gasteiger partial charge is 0.457 e. The molecule has 3 fully saturated rings. The van der Waals surface area contributed by atoms with Crippen molar-refractivity contribution in [2.24, 2.45) is 28.6 Å². The number of aliphatic hydroxyl groups is 2. The summed E-state index contributed by atoms with van der Waals surface area (Å²) in [5.74, 6) is -3.43. The lowest BCUT2D eigenvalue weighted by Crippen LogP contribution is -2.70. The van der Waals surface area contributed by atoms with Crippen LogP contribution in [0.15, 0.2) is 58.8 Å². The minimum absolute atomic E-state index is 0.0188. The number of halogens is 2. The van der Waals surface area contributed by atoms with Crippen molar-refractivity contribution in [3.8, 4) is 0 Å². The summed E-state index contributed by atoms with van der Waals surface area (Å²) in [6.45, 7) is 4.80. The highest BCUT2D eigenvalue weighted by atomic mass is 32.2. The third kappa shape index (κ3) is 3.85. The summed E-state index contributed by atoms with van der Waals surface area (Å²) in [6.07, 6.45) is 4.64. The molecule has 4 aliphatic carbocycles. The molecule has 5 rings (SSSR count). The molecule has 0 bridgehead atoms. The average molecular weight is 577 g/mol. The first-order valence-corrected chi connectivity index (χ1v) is 14.5. The number of aliphatic hydroxyl groups excluding tert-OH is 2. The van der Waals surface area contributed by atoms with Gasteiger partial charge in [0.05, 0.1) is 19.0 Å². The van der Waals surface area contributed by atoms with Crippen molar-refractivity contribution in [1.82, 2.24) is 0 Å². The van der Waals surface area contributed by atoms with E-state index in [1.54, 1.807) is 19.9 Å². The molecule has 0 aliphatic heterocycles. The van der Waals surface area contributed by atoms with Crippen LogP contribution >= 0.6 is 11.8 Å². The van der Waals surface area contributed by atoms with Crippen LogP contribution in [-0.2, 0) is 14.3 Å². The van der Waals surface area contributed by atoms with Gasteiger partial charge in [-0.25, -0.2) is 13.6 Å². The Hall–Kier alpha value is -2.56. The van der Waals surface area contributed by atoms with Crippen LogP contribution < -0.4 is 0 Å². The topological polar surface area (TPSA) is 114 Å². The molecule has 1 heterocycles. The molecule has 1 aromatic rings. The first-order valence-electron chi connectivity index (χ1n) is 13.5. The molecule has 4 aliphatic rings. The number of thioether (sulfide) groups is 1. The molecular weight excluding hydrogens is 542 g/mol. The Labute approximate surface area is 235 Å². The van der Waals surface area contributed by atoms with E-state index in [1.165, 1.54) is 43.5 Å². The Morgan fingerprint density at radius 2 is 2.00 bits per heavy atom. The van der Waals surface area contributed by atoms with Crippen LogP contribution in [0.3, 0.4) is 0 Å². The van der Waals surface area contributed by atoms with E-state index in [-0.39, 0.29) is 43.0 Å². The van der Waals surface area contributed by atoms with Crippen molar-refractivity contribution in [3.63, 3.8) is 0 Å². The maximum absolute atomic E-state index is 17.5. The number of hydrogen-bond acceptors (Lipinski definition) is 8. The Morgan fingerprint density at radius 1 is 1.25 bits per heavy atom. The molecule has 0 saturated heterocycles. The molecule has 0 aromatic carbocycles. The normalized spacial score (nSPS) is 42.2. The number of alkyl halides is 2. The molecule has 0 spiro atoms. The predicted molar refractivity (Wildman–Crippen MR) is 144 cm³/mol. The lowest BCUT2D eigenvalue weighted by atomic mass is 9.44. The minimum atomic E-state index is -2.32. The van der Waals surface area contributed by atoms with E-state index in [4.69, 9.17) is 14.3 Å². The predicted octanol–water partition coefficient (Wildman–Crippen LogP) is 4.55. The molecule has 1 aromatic heterocycles. The number of esters is 1. The lowest BCUT2D eigenvalue weighted by Gasteiger charge is -2.63. The number of rotatable bonds is 6. The number of fused-ring (bicyclic) bond motifs is 5. The van der Waals surface area contributed by atoms with Gasteiger partial charge in [0.1, 0.15) is 6.17 Å². The van der Waals surface area contributed by atoms with Gasteiger partial charge in [-0.15, -0.1) is 0 Å². The number of carbonyl (C=O) groups excluding carboxylic acids is 3. The fourth-order valence-electron chi connectivity index (χ4n) is 8.18. The molecule has 2 N–H and O–H groups in total. The smallest absolute Gasteiger partial charge is 0.375 e. The van der Waals surface area contributed by atoms with Crippen molar-refractivity contribution >= 4 is 28.6 Å².